The van der Waals surface area contributed by atoms with E-state index in [0.29, 0.717) is 25.7 Å². The van der Waals surface area contributed by atoms with Crippen LogP contribution < -0.4 is 32.6 Å². The van der Waals surface area contributed by atoms with Gasteiger partial charge < -0.3 is 35.6 Å². The number of rotatable bonds is 13. The Morgan fingerprint density at radius 2 is 1.67 bits per heavy atom. The SMILES string of the molecule is COc1cccc2c1C(=O)c1c(O)c3c(c(O)c1C2=O)CC(O)(C(C)NNC(=O)CCCCCCC(=O)NN)CC3OC1CC(C)C(O)C(N)C1. The first-order chi connectivity index (χ1) is 24.2. The maximum absolute atomic E-state index is 14.0. The minimum absolute atomic E-state index is 0.00270. The quantitative estimate of drug-likeness (QED) is 0.0401. The highest BCUT2D eigenvalue weighted by Gasteiger charge is 2.49. The minimum atomic E-state index is -1.70. The average molecular weight is 712 g/mol. The van der Waals surface area contributed by atoms with Gasteiger partial charge in [-0.3, -0.25) is 30.0 Å². The van der Waals surface area contributed by atoms with Crippen LogP contribution in [0.1, 0.15) is 121 Å². The zero-order valence-electron chi connectivity index (χ0n) is 29.2. The van der Waals surface area contributed by atoms with Crippen molar-refractivity contribution in [2.24, 2.45) is 17.5 Å². The van der Waals surface area contributed by atoms with Gasteiger partial charge in [0.25, 0.3) is 0 Å². The third kappa shape index (κ3) is 7.59. The van der Waals surface area contributed by atoms with Gasteiger partial charge in [0.2, 0.25) is 17.6 Å². The number of unbranched alkanes of at least 4 members (excludes halogenated alkanes) is 3. The van der Waals surface area contributed by atoms with E-state index in [1.807, 2.05) is 6.92 Å². The number of aliphatic hydroxyl groups is 2. The average Bonchev–Trinajstić information content (AvgIpc) is 3.10. The van der Waals surface area contributed by atoms with Gasteiger partial charge >= 0.3 is 0 Å². The Morgan fingerprint density at radius 1 is 1.00 bits per heavy atom. The van der Waals surface area contributed by atoms with Crippen molar-refractivity contribution in [3.8, 4) is 17.2 Å². The van der Waals surface area contributed by atoms with Crippen LogP contribution >= 0.6 is 0 Å². The highest BCUT2D eigenvalue weighted by molar-refractivity contribution is 6.31. The van der Waals surface area contributed by atoms with Crippen LogP contribution in [0.3, 0.4) is 0 Å². The van der Waals surface area contributed by atoms with Crippen LogP contribution in [0.15, 0.2) is 18.2 Å². The lowest BCUT2D eigenvalue weighted by molar-refractivity contribution is -0.126. The Bertz CT molecular complexity index is 1670. The molecule has 0 bridgehead atoms. The number of methoxy groups -OCH3 is 1. The molecule has 2 aromatic carbocycles. The molecular weight excluding hydrogens is 662 g/mol. The van der Waals surface area contributed by atoms with E-state index >= 15 is 0 Å². The van der Waals surface area contributed by atoms with Crippen LogP contribution in [-0.4, -0.2) is 80.8 Å². The van der Waals surface area contributed by atoms with E-state index in [0.717, 1.165) is 12.8 Å². The van der Waals surface area contributed by atoms with E-state index in [-0.39, 0.29) is 82.5 Å². The van der Waals surface area contributed by atoms with Crippen molar-refractivity contribution in [2.45, 2.75) is 114 Å². The van der Waals surface area contributed by atoms with E-state index in [4.69, 9.17) is 21.1 Å². The fourth-order valence-electron chi connectivity index (χ4n) is 7.63. The molecule has 1 saturated carbocycles. The van der Waals surface area contributed by atoms with Crippen LogP contribution in [-0.2, 0) is 20.7 Å². The fraction of sp³-hybridized carbons (Fsp3) is 0.556. The zero-order chi connectivity index (χ0) is 37.2. The molecule has 0 radical (unpaired) electrons. The number of hydrogen-bond donors (Lipinski definition) is 9. The number of ketones is 2. The summed E-state index contributed by atoms with van der Waals surface area (Å²) in [5.74, 6) is 1.96. The number of amides is 2. The molecule has 15 heteroatoms. The topological polar surface area (TPSA) is 256 Å². The first-order valence-electron chi connectivity index (χ1n) is 17.4. The molecule has 0 saturated heterocycles. The van der Waals surface area contributed by atoms with E-state index in [1.165, 1.54) is 19.2 Å². The summed E-state index contributed by atoms with van der Waals surface area (Å²) < 4.78 is 11.9. The summed E-state index contributed by atoms with van der Waals surface area (Å²) >= 11 is 0. The molecule has 0 aliphatic heterocycles. The molecule has 7 unspecified atom stereocenters. The lowest BCUT2D eigenvalue weighted by Gasteiger charge is -2.45. The molecule has 2 aromatic rings. The van der Waals surface area contributed by atoms with Crippen LogP contribution in [0.25, 0.3) is 0 Å². The fourth-order valence-corrected chi connectivity index (χ4v) is 7.63. The van der Waals surface area contributed by atoms with Crippen LogP contribution in [0.4, 0.5) is 0 Å². The Balaban J connectivity index is 1.42. The number of nitrogens with two attached hydrogens (primary N) is 2. The van der Waals surface area contributed by atoms with Gasteiger partial charge in [-0.15, -0.1) is 0 Å². The van der Waals surface area contributed by atoms with Gasteiger partial charge in [-0.25, -0.2) is 11.3 Å². The second kappa shape index (κ2) is 15.6. The molecule has 5 rings (SSSR count). The number of carbonyl (C=O) groups excluding carboxylic acids is 4. The van der Waals surface area contributed by atoms with Crippen LogP contribution in [0, 0.1) is 5.92 Å². The number of fused-ring (bicyclic) bond motifs is 3. The molecule has 15 nitrogen and oxygen atoms in total. The summed E-state index contributed by atoms with van der Waals surface area (Å²) in [6, 6.07) is 3.09. The normalized spacial score (nSPS) is 26.1. The molecule has 3 aliphatic carbocycles. The highest BCUT2D eigenvalue weighted by atomic mass is 16.5. The third-order valence-corrected chi connectivity index (χ3v) is 10.6. The van der Waals surface area contributed by atoms with Crippen LogP contribution in [0.2, 0.25) is 0 Å². The number of phenolic OH excluding ortho intramolecular Hbond substituents is 2. The van der Waals surface area contributed by atoms with Gasteiger partial charge in [-0.1, -0.05) is 31.9 Å². The predicted molar refractivity (Wildman–Crippen MR) is 184 cm³/mol. The maximum Gasteiger partial charge on any atom is 0.234 e. The standard InChI is InChI=1S/C36H49N5O10/c1-17-13-19(14-22(37)31(17)44)51-24-16-36(49,18(2)40-41-26(43)12-7-5-4-6-11-25(42)39-38)15-21-28(24)35(48)30-29(33(21)46)32(45)20-9-8-10-23(50-3)27(20)34(30)47/h8-10,17-19,22,24,31,40,44,46,48-49H,4-7,11-16,37-38H2,1-3H3,(H,39,42)(H,41,43). The molecule has 7 atom stereocenters. The predicted octanol–water partition coefficient (Wildman–Crippen LogP) is 1.44. The third-order valence-electron chi connectivity index (χ3n) is 10.6. The van der Waals surface area contributed by atoms with E-state index in [1.54, 1.807) is 13.0 Å². The number of hydrogen-bond acceptors (Lipinski definition) is 13. The Labute approximate surface area is 296 Å². The van der Waals surface area contributed by atoms with Gasteiger partial charge in [0, 0.05) is 48.4 Å². The molecule has 2 amide bonds. The molecule has 0 heterocycles. The molecular formula is C36H49N5O10. The summed E-state index contributed by atoms with van der Waals surface area (Å²) in [7, 11) is 1.36. The Hall–Kier alpha value is -4.12. The lowest BCUT2D eigenvalue weighted by Crippen LogP contribution is -2.58. The number of aromatic hydroxyl groups is 2. The van der Waals surface area contributed by atoms with Gasteiger partial charge in [-0.05, 0) is 44.6 Å². The number of phenols is 2. The van der Waals surface area contributed by atoms with Crippen molar-refractivity contribution in [3.63, 3.8) is 0 Å². The van der Waals surface area contributed by atoms with E-state index in [2.05, 4.69) is 16.3 Å². The van der Waals surface area contributed by atoms with Gasteiger partial charge in [-0.2, -0.15) is 0 Å². The number of hydrazine groups is 2. The Morgan fingerprint density at radius 3 is 2.31 bits per heavy atom. The summed E-state index contributed by atoms with van der Waals surface area (Å²) in [6.07, 6.45) is 1.19. The number of nitrogens with one attached hydrogen (secondary N) is 3. The number of benzene rings is 2. The van der Waals surface area contributed by atoms with Gasteiger partial charge in [0.05, 0.1) is 53.8 Å². The van der Waals surface area contributed by atoms with Crippen molar-refractivity contribution in [3.05, 3.63) is 51.6 Å². The molecule has 0 spiro atoms. The zero-order valence-corrected chi connectivity index (χ0v) is 29.2. The van der Waals surface area contributed by atoms with Gasteiger partial charge in [0.15, 0.2) is 5.78 Å². The summed E-state index contributed by atoms with van der Waals surface area (Å²) in [4.78, 5) is 51.7. The first-order valence-corrected chi connectivity index (χ1v) is 17.4. The van der Waals surface area contributed by atoms with Crippen molar-refractivity contribution in [2.75, 3.05) is 7.11 Å². The monoisotopic (exact) mass is 711 g/mol. The number of carbonyl (C=O) groups is 4. The number of aliphatic hydroxyl groups excluding tert-OH is 1. The Kier molecular flexibility index (Phi) is 11.7. The highest BCUT2D eigenvalue weighted by Crippen LogP contribution is 2.53. The second-order valence-electron chi connectivity index (χ2n) is 14.1. The van der Waals surface area contributed by atoms with Crippen molar-refractivity contribution in [1.29, 1.82) is 0 Å². The molecule has 3 aliphatic rings. The molecule has 11 N–H and O–H groups in total. The van der Waals surface area contributed by atoms with E-state index < -0.39 is 59.1 Å². The molecule has 1 fully saturated rings. The van der Waals surface area contributed by atoms with Crippen molar-refractivity contribution in [1.82, 2.24) is 16.3 Å². The molecule has 0 aromatic heterocycles. The lowest BCUT2D eigenvalue weighted by atomic mass is 9.71. The summed E-state index contributed by atoms with van der Waals surface area (Å²) in [6.45, 7) is 3.49. The van der Waals surface area contributed by atoms with Crippen LogP contribution in [0.5, 0.6) is 17.2 Å². The molecule has 278 valence electrons. The van der Waals surface area contributed by atoms with Gasteiger partial charge in [0.1, 0.15) is 17.2 Å². The number of ether oxygens (including phenoxy) is 2. The van der Waals surface area contributed by atoms with E-state index in [9.17, 15) is 39.6 Å². The minimum Gasteiger partial charge on any atom is -0.507 e. The smallest absolute Gasteiger partial charge is 0.234 e. The van der Waals surface area contributed by atoms with Crippen molar-refractivity contribution < 1.29 is 49.1 Å². The largest absolute Gasteiger partial charge is 0.507 e. The summed E-state index contributed by atoms with van der Waals surface area (Å²) in [5, 5.41) is 46.3. The maximum atomic E-state index is 14.0. The first kappa shape index (κ1) is 38.1. The molecule has 51 heavy (non-hydrogen) atoms. The second-order valence-corrected chi connectivity index (χ2v) is 14.1. The summed E-state index contributed by atoms with van der Waals surface area (Å²) in [5.41, 5.74) is 11.4. The van der Waals surface area contributed by atoms with Crippen molar-refractivity contribution >= 4 is 23.4 Å².